The van der Waals surface area contributed by atoms with Crippen molar-refractivity contribution < 1.29 is 23.6 Å². The first-order valence-corrected chi connectivity index (χ1v) is 13.9. The summed E-state index contributed by atoms with van der Waals surface area (Å²) in [6.07, 6.45) is 4.06. The molecule has 38 heavy (non-hydrogen) atoms. The zero-order chi connectivity index (χ0) is 27.8. The number of ketones is 2. The van der Waals surface area contributed by atoms with Gasteiger partial charge in [-0.1, -0.05) is 6.92 Å². The lowest BCUT2D eigenvalue weighted by molar-refractivity contribution is -0.129. The number of likely N-dealkylation sites (tertiary alicyclic amines) is 1. The molecule has 210 valence electrons. The Hall–Kier alpha value is -2.65. The van der Waals surface area contributed by atoms with Crippen molar-refractivity contribution in [1.82, 2.24) is 14.7 Å². The topological polar surface area (TPSA) is 81.2 Å². The summed E-state index contributed by atoms with van der Waals surface area (Å²) in [6.45, 7) is 11.1. The van der Waals surface area contributed by atoms with Crippen molar-refractivity contribution >= 4 is 29.6 Å². The minimum atomic E-state index is -1.03. The maximum Gasteiger partial charge on any atom is 0.261 e. The third-order valence-corrected chi connectivity index (χ3v) is 7.97. The van der Waals surface area contributed by atoms with Crippen LogP contribution in [-0.2, 0) is 14.4 Å². The van der Waals surface area contributed by atoms with Gasteiger partial charge in [0.15, 0.2) is 5.78 Å². The molecule has 0 radical (unpaired) electrons. The molecule has 0 N–H and O–H groups in total. The second kappa shape index (κ2) is 13.9. The summed E-state index contributed by atoms with van der Waals surface area (Å²) in [5.74, 6) is -0.738. The summed E-state index contributed by atoms with van der Waals surface area (Å²) in [7, 11) is 2.16. The number of piperazine rings is 1. The minimum Gasteiger partial charge on any atom is -0.367 e. The van der Waals surface area contributed by atoms with Crippen molar-refractivity contribution in [2.75, 3.05) is 57.8 Å². The Morgan fingerprint density at radius 1 is 1.08 bits per heavy atom. The fourth-order valence-electron chi connectivity index (χ4n) is 5.56. The van der Waals surface area contributed by atoms with Gasteiger partial charge >= 0.3 is 0 Å². The van der Waals surface area contributed by atoms with Crippen molar-refractivity contribution in [3.05, 3.63) is 29.1 Å². The lowest BCUT2D eigenvalue weighted by atomic mass is 9.96. The van der Waals surface area contributed by atoms with Gasteiger partial charge in [-0.3, -0.25) is 29.0 Å². The van der Waals surface area contributed by atoms with Crippen LogP contribution in [0.3, 0.4) is 0 Å². The van der Waals surface area contributed by atoms with E-state index in [-0.39, 0.29) is 30.0 Å². The Morgan fingerprint density at radius 3 is 2.32 bits per heavy atom. The van der Waals surface area contributed by atoms with E-state index in [1.165, 1.54) is 31.9 Å². The zero-order valence-electron chi connectivity index (χ0n) is 23.4. The molecule has 0 aromatic heterocycles. The first-order valence-electron chi connectivity index (χ1n) is 13.9. The maximum atomic E-state index is 15.1. The van der Waals surface area contributed by atoms with E-state index in [2.05, 4.69) is 16.8 Å². The first kappa shape index (κ1) is 29.9. The summed E-state index contributed by atoms with van der Waals surface area (Å²) < 4.78 is 15.1. The standard InChI is InChI=1S/C29H43FN4O4/c1-5-6-24(37)7-8-27(22(3)36)34(20-35)29(38)25-18-28(26(30)17-21(25)2)33-15-13-32(14-16-33)19-23-9-11-31(4)12-10-23/h17-18,20,23,27H,5-16,19H2,1-4H3. The van der Waals surface area contributed by atoms with E-state index in [9.17, 15) is 19.2 Å². The minimum absolute atomic E-state index is 0.00716. The van der Waals surface area contributed by atoms with E-state index in [1.807, 2.05) is 11.8 Å². The summed E-state index contributed by atoms with van der Waals surface area (Å²) in [4.78, 5) is 57.5. The molecule has 8 nitrogen and oxygen atoms in total. The molecule has 1 unspecified atom stereocenters. The van der Waals surface area contributed by atoms with E-state index in [4.69, 9.17) is 0 Å². The molecule has 0 bridgehead atoms. The summed E-state index contributed by atoms with van der Waals surface area (Å²) >= 11 is 0. The highest BCUT2D eigenvalue weighted by Crippen LogP contribution is 2.27. The van der Waals surface area contributed by atoms with Crippen molar-refractivity contribution in [2.24, 2.45) is 5.92 Å². The molecule has 9 heteroatoms. The van der Waals surface area contributed by atoms with Gasteiger partial charge in [0.25, 0.3) is 5.91 Å². The Labute approximate surface area is 226 Å². The fourth-order valence-corrected chi connectivity index (χ4v) is 5.56. The molecule has 2 saturated heterocycles. The monoisotopic (exact) mass is 530 g/mol. The van der Waals surface area contributed by atoms with Crippen LogP contribution in [0.2, 0.25) is 0 Å². The lowest BCUT2D eigenvalue weighted by Gasteiger charge is -2.39. The number of piperidine rings is 1. The number of aryl methyl sites for hydroxylation is 1. The Kier molecular flexibility index (Phi) is 11.0. The number of imide groups is 1. The molecule has 1 aromatic rings. The van der Waals surface area contributed by atoms with Gasteiger partial charge in [0.05, 0.1) is 11.7 Å². The van der Waals surface area contributed by atoms with Gasteiger partial charge in [0.2, 0.25) is 6.41 Å². The van der Waals surface area contributed by atoms with Gasteiger partial charge in [0, 0.05) is 51.1 Å². The van der Waals surface area contributed by atoms with Crippen LogP contribution in [0.15, 0.2) is 12.1 Å². The molecule has 1 aromatic carbocycles. The van der Waals surface area contributed by atoms with Crippen LogP contribution in [0, 0.1) is 18.7 Å². The lowest BCUT2D eigenvalue weighted by Crippen LogP contribution is -2.49. The Bertz CT molecular complexity index is 1000. The first-order chi connectivity index (χ1) is 18.1. The normalized spacial score (nSPS) is 18.3. The SMILES string of the molecule is CCCC(=O)CCC(C(C)=O)N(C=O)C(=O)c1cc(N2CCN(CC3CCN(C)CC3)CC2)c(F)cc1C. The number of rotatable bonds is 12. The number of benzene rings is 1. The Morgan fingerprint density at radius 2 is 1.74 bits per heavy atom. The molecule has 2 aliphatic heterocycles. The molecular formula is C29H43FN4O4. The van der Waals surface area contributed by atoms with Gasteiger partial charge in [-0.2, -0.15) is 0 Å². The van der Waals surface area contributed by atoms with Crippen LogP contribution in [-0.4, -0.2) is 97.5 Å². The van der Waals surface area contributed by atoms with Crippen molar-refractivity contribution in [2.45, 2.75) is 65.3 Å². The third kappa shape index (κ3) is 7.69. The molecule has 2 heterocycles. The van der Waals surface area contributed by atoms with E-state index >= 15 is 4.39 Å². The number of halogens is 1. The van der Waals surface area contributed by atoms with E-state index in [0.29, 0.717) is 49.5 Å². The predicted molar refractivity (Wildman–Crippen MR) is 146 cm³/mol. The number of hydrogen-bond acceptors (Lipinski definition) is 7. The van der Waals surface area contributed by atoms with Gasteiger partial charge in [-0.15, -0.1) is 0 Å². The van der Waals surface area contributed by atoms with E-state index in [1.54, 1.807) is 6.92 Å². The van der Waals surface area contributed by atoms with Crippen LogP contribution in [0.4, 0.5) is 10.1 Å². The van der Waals surface area contributed by atoms with Crippen LogP contribution >= 0.6 is 0 Å². The summed E-state index contributed by atoms with van der Waals surface area (Å²) in [6, 6.07) is 1.80. The molecule has 2 fully saturated rings. The molecule has 1 atom stereocenters. The largest absolute Gasteiger partial charge is 0.367 e. The van der Waals surface area contributed by atoms with Crippen molar-refractivity contribution in [1.29, 1.82) is 0 Å². The molecule has 0 saturated carbocycles. The molecule has 3 rings (SSSR count). The highest BCUT2D eigenvalue weighted by Gasteiger charge is 2.31. The number of carbonyl (C=O) groups is 4. The number of Topliss-reactive ketones (excluding diaryl/α,β-unsaturated/α-hetero) is 2. The van der Waals surface area contributed by atoms with Gasteiger partial charge in [-0.05, 0) is 83.3 Å². The highest BCUT2D eigenvalue weighted by atomic mass is 19.1. The quantitative estimate of drug-likeness (QED) is 0.384. The van der Waals surface area contributed by atoms with Gasteiger partial charge in [-0.25, -0.2) is 4.39 Å². The number of nitrogens with zero attached hydrogens (tertiary/aromatic N) is 4. The van der Waals surface area contributed by atoms with Crippen LogP contribution in [0.25, 0.3) is 0 Å². The molecule has 0 aliphatic carbocycles. The van der Waals surface area contributed by atoms with Crippen LogP contribution < -0.4 is 4.90 Å². The van der Waals surface area contributed by atoms with Crippen LogP contribution in [0.1, 0.15) is 68.3 Å². The van der Waals surface area contributed by atoms with Crippen molar-refractivity contribution in [3.8, 4) is 0 Å². The number of carbonyl (C=O) groups excluding carboxylic acids is 4. The molecular weight excluding hydrogens is 487 g/mol. The maximum absolute atomic E-state index is 15.1. The molecule has 2 aliphatic rings. The van der Waals surface area contributed by atoms with Crippen LogP contribution in [0.5, 0.6) is 0 Å². The Balaban J connectivity index is 1.70. The highest BCUT2D eigenvalue weighted by molar-refractivity contribution is 6.04. The van der Waals surface area contributed by atoms with E-state index < -0.39 is 17.8 Å². The number of hydrogen-bond donors (Lipinski definition) is 0. The second-order valence-electron chi connectivity index (χ2n) is 10.9. The average molecular weight is 531 g/mol. The smallest absolute Gasteiger partial charge is 0.261 e. The fraction of sp³-hybridized carbons (Fsp3) is 0.655. The third-order valence-electron chi connectivity index (χ3n) is 7.97. The molecule has 0 spiro atoms. The van der Waals surface area contributed by atoms with Crippen molar-refractivity contribution in [3.63, 3.8) is 0 Å². The zero-order valence-corrected chi connectivity index (χ0v) is 23.4. The second-order valence-corrected chi connectivity index (χ2v) is 10.9. The van der Waals surface area contributed by atoms with Gasteiger partial charge in [0.1, 0.15) is 11.6 Å². The molecule has 2 amide bonds. The predicted octanol–water partition coefficient (Wildman–Crippen LogP) is 3.30. The summed E-state index contributed by atoms with van der Waals surface area (Å²) in [5, 5.41) is 0. The average Bonchev–Trinajstić information content (AvgIpc) is 2.88. The van der Waals surface area contributed by atoms with Gasteiger partial charge < -0.3 is 9.80 Å². The van der Waals surface area contributed by atoms with E-state index in [0.717, 1.165) is 37.6 Å². The number of amides is 2. The summed E-state index contributed by atoms with van der Waals surface area (Å²) in [5.41, 5.74) is 0.919. The number of anilines is 1.